The van der Waals surface area contributed by atoms with Gasteiger partial charge >= 0.3 is 0 Å². The Balaban J connectivity index is 1.61. The van der Waals surface area contributed by atoms with Gasteiger partial charge in [0, 0.05) is 19.3 Å². The summed E-state index contributed by atoms with van der Waals surface area (Å²) in [5.74, 6) is 0.356. The summed E-state index contributed by atoms with van der Waals surface area (Å²) in [7, 11) is 0. The Morgan fingerprint density at radius 2 is 2.26 bits per heavy atom. The quantitative estimate of drug-likeness (QED) is 0.783. The number of anilines is 1. The number of amides is 1. The average molecular weight is 312 g/mol. The first-order valence-corrected chi connectivity index (χ1v) is 7.50. The van der Waals surface area contributed by atoms with Crippen LogP contribution in [-0.2, 0) is 0 Å². The molecule has 0 aromatic carbocycles. The predicted molar refractivity (Wildman–Crippen MR) is 83.0 cm³/mol. The summed E-state index contributed by atoms with van der Waals surface area (Å²) >= 11 is 0. The maximum atomic E-state index is 11.2. The number of nitrogens with two attached hydrogens (primary N) is 1. The summed E-state index contributed by atoms with van der Waals surface area (Å²) < 4.78 is 7.17. The van der Waals surface area contributed by atoms with Gasteiger partial charge in [-0.1, -0.05) is 0 Å². The van der Waals surface area contributed by atoms with Crippen LogP contribution < -0.4 is 10.6 Å². The Labute approximate surface area is 131 Å². The van der Waals surface area contributed by atoms with Crippen molar-refractivity contribution in [3.8, 4) is 0 Å². The molecule has 2 N–H and O–H groups in total. The average Bonchev–Trinajstić information content (AvgIpc) is 3.24. The Morgan fingerprint density at radius 3 is 3.09 bits per heavy atom. The van der Waals surface area contributed by atoms with E-state index in [1.54, 1.807) is 23.5 Å². The van der Waals surface area contributed by atoms with E-state index in [1.165, 1.54) is 0 Å². The van der Waals surface area contributed by atoms with Crippen molar-refractivity contribution in [1.82, 2.24) is 19.7 Å². The molecule has 0 unspecified atom stereocenters. The van der Waals surface area contributed by atoms with E-state index in [9.17, 15) is 4.79 Å². The predicted octanol–water partition coefficient (Wildman–Crippen LogP) is 1.36. The van der Waals surface area contributed by atoms with E-state index in [0.717, 1.165) is 42.7 Å². The van der Waals surface area contributed by atoms with Crippen LogP contribution in [0.15, 0.2) is 35.3 Å². The number of carbonyl (C=O) groups is 1. The van der Waals surface area contributed by atoms with Gasteiger partial charge in [0.25, 0.3) is 5.91 Å². The van der Waals surface area contributed by atoms with Crippen molar-refractivity contribution in [2.24, 2.45) is 5.73 Å². The molecule has 1 amide bonds. The maximum absolute atomic E-state index is 11.2. The van der Waals surface area contributed by atoms with Crippen LogP contribution in [0, 0.1) is 0 Å². The molecular formula is C15H16N6O2. The minimum Gasteiger partial charge on any atom is -0.464 e. The van der Waals surface area contributed by atoms with Gasteiger partial charge in [0.15, 0.2) is 0 Å². The molecule has 0 aliphatic carbocycles. The van der Waals surface area contributed by atoms with Crippen molar-refractivity contribution in [3.05, 3.63) is 36.7 Å². The Bertz CT molecular complexity index is 854. The zero-order valence-electron chi connectivity index (χ0n) is 12.4. The number of primary amides is 1. The van der Waals surface area contributed by atoms with E-state index >= 15 is 0 Å². The highest BCUT2D eigenvalue weighted by Crippen LogP contribution is 2.30. The summed E-state index contributed by atoms with van der Waals surface area (Å²) in [4.78, 5) is 21.8. The number of hydrogen-bond donors (Lipinski definition) is 1. The van der Waals surface area contributed by atoms with Gasteiger partial charge in [-0.05, 0) is 25.0 Å². The van der Waals surface area contributed by atoms with Gasteiger partial charge in [0.05, 0.1) is 17.7 Å². The lowest BCUT2D eigenvalue weighted by Gasteiger charge is -2.33. The Hall–Kier alpha value is -2.90. The Kier molecular flexibility index (Phi) is 3.22. The van der Waals surface area contributed by atoms with Crippen LogP contribution >= 0.6 is 0 Å². The summed E-state index contributed by atoms with van der Waals surface area (Å²) in [6.07, 6.45) is 6.98. The minimum atomic E-state index is -0.610. The maximum Gasteiger partial charge on any atom is 0.288 e. The fraction of sp³-hybridized carbons (Fsp3) is 0.333. The SMILES string of the molecule is NC(=O)c1ncn([C@H]2CCCN(c3nccc4occc34)C2)n1. The van der Waals surface area contributed by atoms with Crippen LogP contribution in [0.25, 0.3) is 11.0 Å². The first-order chi connectivity index (χ1) is 11.2. The normalized spacial score (nSPS) is 18.4. The third-order valence-corrected chi connectivity index (χ3v) is 4.16. The first-order valence-electron chi connectivity index (χ1n) is 7.50. The number of fused-ring (bicyclic) bond motifs is 1. The number of rotatable bonds is 3. The van der Waals surface area contributed by atoms with Crippen molar-refractivity contribution >= 4 is 22.7 Å². The fourth-order valence-electron chi connectivity index (χ4n) is 3.06. The molecule has 0 radical (unpaired) electrons. The standard InChI is InChI=1S/C15H16N6O2/c16-13(22)14-18-9-21(19-14)10-2-1-6-20(8-10)15-11-4-7-23-12(11)3-5-17-15/h3-5,7,9-10H,1-2,6,8H2,(H2,16,22)/t10-/m0/s1. The van der Waals surface area contributed by atoms with E-state index in [-0.39, 0.29) is 11.9 Å². The second-order valence-corrected chi connectivity index (χ2v) is 5.62. The molecule has 23 heavy (non-hydrogen) atoms. The van der Waals surface area contributed by atoms with Crippen molar-refractivity contribution in [2.75, 3.05) is 18.0 Å². The minimum absolute atomic E-state index is 0.0529. The fourth-order valence-corrected chi connectivity index (χ4v) is 3.06. The van der Waals surface area contributed by atoms with Gasteiger partial charge in [-0.2, -0.15) is 0 Å². The summed E-state index contributed by atoms with van der Waals surface area (Å²) in [6.45, 7) is 1.67. The van der Waals surface area contributed by atoms with E-state index < -0.39 is 5.91 Å². The zero-order chi connectivity index (χ0) is 15.8. The van der Waals surface area contributed by atoms with E-state index in [2.05, 4.69) is 20.0 Å². The van der Waals surface area contributed by atoms with Crippen molar-refractivity contribution in [3.63, 3.8) is 0 Å². The lowest BCUT2D eigenvalue weighted by molar-refractivity contribution is 0.0990. The molecule has 8 heteroatoms. The van der Waals surface area contributed by atoms with Crippen LogP contribution in [0.3, 0.4) is 0 Å². The molecule has 0 saturated carbocycles. The molecule has 1 aliphatic rings. The molecule has 3 aromatic heterocycles. The number of aromatic nitrogens is 4. The first kappa shape index (κ1) is 13.7. The molecule has 1 fully saturated rings. The molecule has 1 atom stereocenters. The van der Waals surface area contributed by atoms with Crippen LogP contribution in [0.4, 0.5) is 5.82 Å². The van der Waals surface area contributed by atoms with Crippen LogP contribution in [0.2, 0.25) is 0 Å². The van der Waals surface area contributed by atoms with E-state index in [1.807, 2.05) is 12.1 Å². The van der Waals surface area contributed by atoms with Gasteiger partial charge < -0.3 is 15.1 Å². The molecule has 8 nitrogen and oxygen atoms in total. The third-order valence-electron chi connectivity index (χ3n) is 4.16. The van der Waals surface area contributed by atoms with Crippen molar-refractivity contribution in [1.29, 1.82) is 0 Å². The number of furan rings is 1. The topological polar surface area (TPSA) is 103 Å². The van der Waals surface area contributed by atoms with Gasteiger partial charge in [-0.15, -0.1) is 5.10 Å². The molecule has 118 valence electrons. The zero-order valence-corrected chi connectivity index (χ0v) is 12.4. The summed E-state index contributed by atoms with van der Waals surface area (Å²) in [5, 5.41) is 5.18. The van der Waals surface area contributed by atoms with Gasteiger partial charge in [-0.3, -0.25) is 4.79 Å². The number of nitrogens with zero attached hydrogens (tertiary/aromatic N) is 5. The monoisotopic (exact) mass is 312 g/mol. The highest BCUT2D eigenvalue weighted by Gasteiger charge is 2.25. The molecule has 3 aromatic rings. The lowest BCUT2D eigenvalue weighted by Crippen LogP contribution is -2.37. The van der Waals surface area contributed by atoms with Gasteiger partial charge in [-0.25, -0.2) is 14.6 Å². The molecule has 4 heterocycles. The highest BCUT2D eigenvalue weighted by atomic mass is 16.3. The van der Waals surface area contributed by atoms with E-state index in [0.29, 0.717) is 0 Å². The summed E-state index contributed by atoms with van der Waals surface area (Å²) in [5.41, 5.74) is 6.04. The summed E-state index contributed by atoms with van der Waals surface area (Å²) in [6, 6.07) is 3.92. The number of pyridine rings is 1. The molecule has 0 spiro atoms. The number of hydrogen-bond acceptors (Lipinski definition) is 6. The van der Waals surface area contributed by atoms with Gasteiger partial charge in [0.2, 0.25) is 5.82 Å². The van der Waals surface area contributed by atoms with Crippen molar-refractivity contribution < 1.29 is 9.21 Å². The number of carbonyl (C=O) groups excluding carboxylic acids is 1. The van der Waals surface area contributed by atoms with Gasteiger partial charge in [0.1, 0.15) is 17.7 Å². The van der Waals surface area contributed by atoms with E-state index in [4.69, 9.17) is 10.2 Å². The Morgan fingerprint density at radius 1 is 1.35 bits per heavy atom. The van der Waals surface area contributed by atoms with Crippen LogP contribution in [0.1, 0.15) is 29.5 Å². The highest BCUT2D eigenvalue weighted by molar-refractivity contribution is 5.89. The molecule has 4 rings (SSSR count). The second-order valence-electron chi connectivity index (χ2n) is 5.62. The smallest absolute Gasteiger partial charge is 0.288 e. The lowest BCUT2D eigenvalue weighted by atomic mass is 10.1. The molecule has 1 saturated heterocycles. The van der Waals surface area contributed by atoms with Crippen LogP contribution in [0.5, 0.6) is 0 Å². The molecule has 1 aliphatic heterocycles. The largest absolute Gasteiger partial charge is 0.464 e. The third kappa shape index (κ3) is 2.41. The molecule has 0 bridgehead atoms. The number of piperidine rings is 1. The molecular weight excluding hydrogens is 296 g/mol. The second kappa shape index (κ2) is 5.38. The van der Waals surface area contributed by atoms with Crippen molar-refractivity contribution in [2.45, 2.75) is 18.9 Å². The van der Waals surface area contributed by atoms with Crippen LogP contribution in [-0.4, -0.2) is 38.7 Å².